The van der Waals surface area contributed by atoms with Crippen LogP contribution in [0.1, 0.15) is 39.5 Å². The van der Waals surface area contributed by atoms with Crippen molar-refractivity contribution in [3.63, 3.8) is 0 Å². The number of rotatable bonds is 11. The molecule has 1 rings (SSSR count). The molecular formula is C16H28N2O2. The molecule has 4 nitrogen and oxygen atoms in total. The van der Waals surface area contributed by atoms with E-state index in [4.69, 9.17) is 15.3 Å². The molecule has 0 unspecified atom stereocenters. The average Bonchev–Trinajstić information content (AvgIpc) is 2.46. The molecule has 0 bridgehead atoms. The summed E-state index contributed by atoms with van der Waals surface area (Å²) in [5.74, 6) is 7.55. The Hall–Kier alpha value is -1.26. The molecule has 114 valence electrons. The molecule has 0 aliphatic carbocycles. The fourth-order valence-electron chi connectivity index (χ4n) is 2.22. The summed E-state index contributed by atoms with van der Waals surface area (Å²) in [5, 5.41) is 0. The quantitative estimate of drug-likeness (QED) is 0.371. The second-order valence-electron chi connectivity index (χ2n) is 5.03. The molecule has 0 fully saturated rings. The van der Waals surface area contributed by atoms with Crippen LogP contribution >= 0.6 is 0 Å². The number of hydrogen-bond donors (Lipinski definition) is 2. The van der Waals surface area contributed by atoms with E-state index in [1.54, 1.807) is 0 Å². The molecule has 0 saturated heterocycles. The summed E-state index contributed by atoms with van der Waals surface area (Å²) in [4.78, 5) is 0. The highest BCUT2D eigenvalue weighted by atomic mass is 16.5. The van der Waals surface area contributed by atoms with Crippen LogP contribution in [0.15, 0.2) is 24.3 Å². The van der Waals surface area contributed by atoms with Gasteiger partial charge in [-0.05, 0) is 30.9 Å². The van der Waals surface area contributed by atoms with Gasteiger partial charge in [-0.15, -0.1) is 0 Å². The van der Waals surface area contributed by atoms with Crippen molar-refractivity contribution >= 4 is 0 Å². The standard InChI is InChI=1S/C16H28N2O2/c1-3-6-14(7-4-2)13-20-16-9-5-8-15(12-16)19-11-10-18-17/h5,8-9,12,14,18H,3-4,6-7,10-11,13,17H2,1-2H3. The van der Waals surface area contributed by atoms with E-state index in [9.17, 15) is 0 Å². The van der Waals surface area contributed by atoms with Crippen molar-refractivity contribution in [2.45, 2.75) is 39.5 Å². The van der Waals surface area contributed by atoms with Crippen LogP contribution < -0.4 is 20.7 Å². The number of ether oxygens (including phenoxy) is 2. The zero-order valence-corrected chi connectivity index (χ0v) is 12.7. The van der Waals surface area contributed by atoms with Crippen LogP contribution in [-0.2, 0) is 0 Å². The van der Waals surface area contributed by atoms with Crippen LogP contribution in [0, 0.1) is 5.92 Å². The lowest BCUT2D eigenvalue weighted by molar-refractivity contribution is 0.228. The van der Waals surface area contributed by atoms with Gasteiger partial charge in [-0.3, -0.25) is 11.3 Å². The number of hydrogen-bond acceptors (Lipinski definition) is 4. The minimum absolute atomic E-state index is 0.550. The number of hydrazine groups is 1. The van der Waals surface area contributed by atoms with Crippen molar-refractivity contribution in [2.24, 2.45) is 11.8 Å². The Morgan fingerprint density at radius 1 is 1.10 bits per heavy atom. The molecule has 0 aliphatic heterocycles. The number of benzene rings is 1. The van der Waals surface area contributed by atoms with Crippen LogP contribution in [0.5, 0.6) is 11.5 Å². The van der Waals surface area contributed by atoms with Crippen LogP contribution in [0.2, 0.25) is 0 Å². The van der Waals surface area contributed by atoms with Gasteiger partial charge in [-0.25, -0.2) is 0 Å². The van der Waals surface area contributed by atoms with Crippen molar-refractivity contribution < 1.29 is 9.47 Å². The minimum atomic E-state index is 0.550. The fourth-order valence-corrected chi connectivity index (χ4v) is 2.22. The molecule has 0 aliphatic rings. The molecule has 4 heteroatoms. The van der Waals surface area contributed by atoms with Crippen LogP contribution in [0.4, 0.5) is 0 Å². The number of nitrogens with one attached hydrogen (secondary N) is 1. The summed E-state index contributed by atoms with van der Waals surface area (Å²) in [7, 11) is 0. The van der Waals surface area contributed by atoms with Crippen LogP contribution in [0.3, 0.4) is 0 Å². The molecule has 0 atom stereocenters. The third-order valence-corrected chi connectivity index (χ3v) is 3.20. The molecule has 1 aromatic rings. The van der Waals surface area contributed by atoms with Crippen molar-refractivity contribution in [3.05, 3.63) is 24.3 Å². The highest BCUT2D eigenvalue weighted by molar-refractivity contribution is 5.32. The number of nitrogens with two attached hydrogens (primary N) is 1. The fraction of sp³-hybridized carbons (Fsp3) is 0.625. The minimum Gasteiger partial charge on any atom is -0.493 e. The van der Waals surface area contributed by atoms with E-state index < -0.39 is 0 Å². The zero-order valence-electron chi connectivity index (χ0n) is 12.7. The molecular weight excluding hydrogens is 252 g/mol. The lowest BCUT2D eigenvalue weighted by atomic mass is 9.99. The molecule has 0 heterocycles. The zero-order chi connectivity index (χ0) is 14.6. The summed E-state index contributed by atoms with van der Waals surface area (Å²) in [5.41, 5.74) is 2.56. The predicted octanol–water partition coefficient (Wildman–Crippen LogP) is 3.12. The lowest BCUT2D eigenvalue weighted by Crippen LogP contribution is -2.27. The topological polar surface area (TPSA) is 56.5 Å². The molecule has 0 saturated carbocycles. The Kier molecular flexibility index (Phi) is 8.83. The molecule has 0 amide bonds. The van der Waals surface area contributed by atoms with Gasteiger partial charge in [0.15, 0.2) is 0 Å². The highest BCUT2D eigenvalue weighted by Gasteiger charge is 2.08. The molecule has 0 radical (unpaired) electrons. The van der Waals surface area contributed by atoms with E-state index in [2.05, 4.69) is 19.3 Å². The van der Waals surface area contributed by atoms with Gasteiger partial charge in [-0.1, -0.05) is 32.8 Å². The van der Waals surface area contributed by atoms with E-state index in [0.717, 1.165) is 18.1 Å². The predicted molar refractivity (Wildman–Crippen MR) is 82.9 cm³/mol. The summed E-state index contributed by atoms with van der Waals surface area (Å²) in [6.07, 6.45) is 4.88. The van der Waals surface area contributed by atoms with Crippen molar-refractivity contribution in [3.8, 4) is 11.5 Å². The SMILES string of the molecule is CCCC(CCC)COc1cccc(OCCNN)c1. The van der Waals surface area contributed by atoms with E-state index in [1.807, 2.05) is 24.3 Å². The first-order chi connectivity index (χ1) is 9.80. The first kappa shape index (κ1) is 16.8. The average molecular weight is 280 g/mol. The Balaban J connectivity index is 2.43. The van der Waals surface area contributed by atoms with Gasteiger partial charge in [0.05, 0.1) is 6.61 Å². The van der Waals surface area contributed by atoms with Gasteiger partial charge < -0.3 is 9.47 Å². The van der Waals surface area contributed by atoms with Gasteiger partial charge in [0.2, 0.25) is 0 Å². The largest absolute Gasteiger partial charge is 0.493 e. The Morgan fingerprint density at radius 3 is 2.35 bits per heavy atom. The maximum Gasteiger partial charge on any atom is 0.123 e. The highest BCUT2D eigenvalue weighted by Crippen LogP contribution is 2.21. The second-order valence-corrected chi connectivity index (χ2v) is 5.03. The summed E-state index contributed by atoms with van der Waals surface area (Å²) in [6.45, 7) is 6.41. The Labute approximate surface area is 122 Å². The van der Waals surface area contributed by atoms with E-state index >= 15 is 0 Å². The third-order valence-electron chi connectivity index (χ3n) is 3.20. The van der Waals surface area contributed by atoms with Gasteiger partial charge >= 0.3 is 0 Å². The molecule has 1 aromatic carbocycles. The second kappa shape index (κ2) is 10.5. The third kappa shape index (κ3) is 6.78. The monoisotopic (exact) mass is 280 g/mol. The smallest absolute Gasteiger partial charge is 0.123 e. The molecule has 3 N–H and O–H groups in total. The summed E-state index contributed by atoms with van der Waals surface area (Å²) < 4.78 is 11.5. The van der Waals surface area contributed by atoms with Gasteiger partial charge in [0.1, 0.15) is 18.1 Å². The van der Waals surface area contributed by atoms with E-state index in [0.29, 0.717) is 19.1 Å². The van der Waals surface area contributed by atoms with Gasteiger partial charge in [-0.2, -0.15) is 0 Å². The van der Waals surface area contributed by atoms with Gasteiger partial charge in [0, 0.05) is 12.6 Å². The van der Waals surface area contributed by atoms with Crippen LogP contribution in [0.25, 0.3) is 0 Å². The summed E-state index contributed by atoms with van der Waals surface area (Å²) >= 11 is 0. The maximum atomic E-state index is 5.90. The maximum absolute atomic E-state index is 5.90. The Morgan fingerprint density at radius 2 is 1.75 bits per heavy atom. The normalized spacial score (nSPS) is 10.8. The van der Waals surface area contributed by atoms with E-state index in [-0.39, 0.29) is 0 Å². The van der Waals surface area contributed by atoms with Crippen LogP contribution in [-0.4, -0.2) is 19.8 Å². The van der Waals surface area contributed by atoms with Crippen molar-refractivity contribution in [1.29, 1.82) is 0 Å². The molecule has 20 heavy (non-hydrogen) atoms. The summed E-state index contributed by atoms with van der Waals surface area (Å²) in [6, 6.07) is 7.79. The Bertz CT molecular complexity index is 352. The molecule has 0 aromatic heterocycles. The first-order valence-corrected chi connectivity index (χ1v) is 7.59. The first-order valence-electron chi connectivity index (χ1n) is 7.59. The van der Waals surface area contributed by atoms with Crippen molar-refractivity contribution in [2.75, 3.05) is 19.8 Å². The molecule has 0 spiro atoms. The lowest BCUT2D eigenvalue weighted by Gasteiger charge is -2.16. The van der Waals surface area contributed by atoms with Gasteiger partial charge in [0.25, 0.3) is 0 Å². The van der Waals surface area contributed by atoms with E-state index in [1.165, 1.54) is 25.7 Å². The van der Waals surface area contributed by atoms with Crippen molar-refractivity contribution in [1.82, 2.24) is 5.43 Å².